The van der Waals surface area contributed by atoms with Crippen molar-refractivity contribution in [1.82, 2.24) is 19.1 Å². The zero-order chi connectivity index (χ0) is 37.0. The summed E-state index contributed by atoms with van der Waals surface area (Å²) in [5.41, 5.74) is 14.1. The molecule has 4 nitrogen and oxygen atoms in total. The number of aromatic nitrogens is 4. The van der Waals surface area contributed by atoms with Gasteiger partial charge in [0.05, 0.1) is 44.8 Å². The molecule has 0 saturated carbocycles. The summed E-state index contributed by atoms with van der Waals surface area (Å²) in [7, 11) is 0. The topological polar surface area (TPSA) is 35.6 Å². The summed E-state index contributed by atoms with van der Waals surface area (Å²) < 4.78 is 4.84. The lowest BCUT2D eigenvalue weighted by Gasteiger charge is -2.16. The summed E-state index contributed by atoms with van der Waals surface area (Å²) in [5, 5.41) is 4.92. The molecule has 3 heterocycles. The number of benzene rings is 8. The highest BCUT2D eigenvalue weighted by atomic mass is 15.1. The Morgan fingerprint density at radius 1 is 0.268 bits per heavy atom. The third-order valence-corrected chi connectivity index (χ3v) is 10.9. The summed E-state index contributed by atoms with van der Waals surface area (Å²) in [6.07, 6.45) is 0. The van der Waals surface area contributed by atoms with Gasteiger partial charge >= 0.3 is 0 Å². The number of rotatable bonds is 6. The van der Waals surface area contributed by atoms with Gasteiger partial charge in [0.15, 0.2) is 5.82 Å². The smallest absolute Gasteiger partial charge is 0.160 e. The Labute approximate surface area is 324 Å². The van der Waals surface area contributed by atoms with E-state index in [9.17, 15) is 0 Å². The Hall–Kier alpha value is -7.56. The van der Waals surface area contributed by atoms with Crippen molar-refractivity contribution < 1.29 is 0 Å². The van der Waals surface area contributed by atoms with Crippen LogP contribution < -0.4 is 0 Å². The molecule has 0 fully saturated rings. The number of para-hydroxylation sites is 5. The largest absolute Gasteiger partial charge is 0.307 e. The average Bonchev–Trinajstić information content (AvgIpc) is 3.79. The van der Waals surface area contributed by atoms with Crippen LogP contribution in [0.15, 0.2) is 206 Å². The lowest BCUT2D eigenvalue weighted by atomic mass is 10.00. The summed E-state index contributed by atoms with van der Waals surface area (Å²) in [6.45, 7) is 0. The molecular weight excluding hydrogens is 681 g/mol. The summed E-state index contributed by atoms with van der Waals surface area (Å²) in [4.78, 5) is 10.2. The maximum atomic E-state index is 5.11. The molecule has 4 heteroatoms. The molecule has 0 N–H and O–H groups in total. The normalized spacial score (nSPS) is 11.6. The molecule has 3 aromatic heterocycles. The minimum absolute atomic E-state index is 0.700. The van der Waals surface area contributed by atoms with E-state index in [1.165, 1.54) is 38.1 Å². The molecule has 0 saturated heterocycles. The Kier molecular flexibility index (Phi) is 7.46. The lowest BCUT2D eigenvalue weighted by Crippen LogP contribution is -2.03. The Morgan fingerprint density at radius 3 is 1.23 bits per heavy atom. The van der Waals surface area contributed by atoms with Gasteiger partial charge in [0.2, 0.25) is 0 Å². The summed E-state index contributed by atoms with van der Waals surface area (Å²) in [5.74, 6) is 0.700. The second kappa shape index (κ2) is 13.1. The molecule has 0 aliphatic heterocycles. The Morgan fingerprint density at radius 2 is 0.679 bits per heavy atom. The van der Waals surface area contributed by atoms with Crippen molar-refractivity contribution in [3.8, 4) is 56.4 Å². The van der Waals surface area contributed by atoms with E-state index in [1.54, 1.807) is 0 Å². The highest BCUT2D eigenvalue weighted by molar-refractivity contribution is 6.12. The fraction of sp³-hybridized carbons (Fsp3) is 0. The van der Waals surface area contributed by atoms with Gasteiger partial charge in [0, 0.05) is 38.2 Å². The first kappa shape index (κ1) is 31.9. The molecule has 0 aliphatic carbocycles. The second-order valence-electron chi connectivity index (χ2n) is 14.2. The van der Waals surface area contributed by atoms with E-state index in [-0.39, 0.29) is 0 Å². The van der Waals surface area contributed by atoms with E-state index in [0.717, 1.165) is 56.1 Å². The van der Waals surface area contributed by atoms with Crippen LogP contribution in [-0.2, 0) is 0 Å². The second-order valence-corrected chi connectivity index (χ2v) is 14.2. The Bertz CT molecular complexity index is 3140. The van der Waals surface area contributed by atoms with Gasteiger partial charge in [-0.15, -0.1) is 0 Å². The van der Waals surface area contributed by atoms with Gasteiger partial charge in [-0.05, 0) is 65.7 Å². The molecular formula is C52H34N4. The van der Waals surface area contributed by atoms with Crippen LogP contribution in [0.2, 0.25) is 0 Å². The van der Waals surface area contributed by atoms with Crippen LogP contribution in [-0.4, -0.2) is 19.1 Å². The summed E-state index contributed by atoms with van der Waals surface area (Å²) >= 11 is 0. The fourth-order valence-corrected chi connectivity index (χ4v) is 8.36. The van der Waals surface area contributed by atoms with Crippen LogP contribution in [0.5, 0.6) is 0 Å². The minimum Gasteiger partial charge on any atom is -0.307 e. The van der Waals surface area contributed by atoms with Crippen molar-refractivity contribution in [2.24, 2.45) is 0 Å². The van der Waals surface area contributed by atoms with Crippen LogP contribution in [0.4, 0.5) is 0 Å². The first-order valence-corrected chi connectivity index (χ1v) is 19.0. The van der Waals surface area contributed by atoms with E-state index >= 15 is 0 Å². The van der Waals surface area contributed by atoms with Crippen LogP contribution in [0.25, 0.3) is 100 Å². The van der Waals surface area contributed by atoms with Gasteiger partial charge in [-0.3, -0.25) is 0 Å². The third kappa shape index (κ3) is 5.23. The van der Waals surface area contributed by atoms with Crippen molar-refractivity contribution in [2.45, 2.75) is 0 Å². The molecule has 0 bridgehead atoms. The molecule has 0 amide bonds. The van der Waals surface area contributed by atoms with Gasteiger partial charge in [-0.1, -0.05) is 152 Å². The molecule has 8 aromatic carbocycles. The lowest BCUT2D eigenvalue weighted by molar-refractivity contribution is 1.10. The molecule has 56 heavy (non-hydrogen) atoms. The molecule has 0 spiro atoms. The Balaban J connectivity index is 1.07. The standard InChI is InChI=1S/C52H34N4/c1-3-16-35(17-4-1)44-34-45(36-18-5-2-6-19-36)54-52(53-44)39-21-15-20-37(32-39)38-30-31-49-43(33-38)42-24-9-12-27-48(42)56(49)51-29-14-13-28-50(51)55-46-25-10-7-22-40(46)41-23-8-11-26-47(41)55/h1-34H. The van der Waals surface area contributed by atoms with Crippen molar-refractivity contribution in [3.63, 3.8) is 0 Å². The van der Waals surface area contributed by atoms with E-state index in [1.807, 2.05) is 12.1 Å². The van der Waals surface area contributed by atoms with E-state index in [0.29, 0.717) is 5.82 Å². The molecule has 0 unspecified atom stereocenters. The molecule has 0 radical (unpaired) electrons. The van der Waals surface area contributed by atoms with Crippen LogP contribution in [0, 0.1) is 0 Å². The van der Waals surface area contributed by atoms with E-state index in [2.05, 4.69) is 203 Å². The molecule has 0 aliphatic rings. The van der Waals surface area contributed by atoms with Crippen molar-refractivity contribution >= 4 is 43.6 Å². The zero-order valence-corrected chi connectivity index (χ0v) is 30.4. The number of nitrogens with zero attached hydrogens (tertiary/aromatic N) is 4. The van der Waals surface area contributed by atoms with Gasteiger partial charge in [-0.2, -0.15) is 0 Å². The number of fused-ring (bicyclic) bond motifs is 6. The molecule has 11 rings (SSSR count). The molecule has 0 atom stereocenters. The number of hydrogen-bond acceptors (Lipinski definition) is 2. The maximum Gasteiger partial charge on any atom is 0.160 e. The van der Waals surface area contributed by atoms with Gasteiger partial charge in [0.1, 0.15) is 0 Å². The van der Waals surface area contributed by atoms with Crippen molar-refractivity contribution in [3.05, 3.63) is 206 Å². The third-order valence-electron chi connectivity index (χ3n) is 10.9. The van der Waals surface area contributed by atoms with Crippen LogP contribution in [0.1, 0.15) is 0 Å². The first-order chi connectivity index (χ1) is 27.8. The zero-order valence-electron chi connectivity index (χ0n) is 30.4. The van der Waals surface area contributed by atoms with Crippen molar-refractivity contribution in [1.29, 1.82) is 0 Å². The fourth-order valence-electron chi connectivity index (χ4n) is 8.36. The van der Waals surface area contributed by atoms with Gasteiger partial charge < -0.3 is 9.13 Å². The predicted octanol–water partition coefficient (Wildman–Crippen LogP) is 13.3. The predicted molar refractivity (Wildman–Crippen MR) is 232 cm³/mol. The maximum absolute atomic E-state index is 5.11. The molecule has 262 valence electrons. The van der Waals surface area contributed by atoms with E-state index < -0.39 is 0 Å². The quantitative estimate of drug-likeness (QED) is 0.172. The van der Waals surface area contributed by atoms with E-state index in [4.69, 9.17) is 9.97 Å². The summed E-state index contributed by atoms with van der Waals surface area (Å²) in [6, 6.07) is 73.2. The van der Waals surface area contributed by atoms with Gasteiger partial charge in [-0.25, -0.2) is 9.97 Å². The van der Waals surface area contributed by atoms with Crippen molar-refractivity contribution in [2.75, 3.05) is 0 Å². The SMILES string of the molecule is c1ccc(-c2cc(-c3ccccc3)nc(-c3cccc(-c4ccc5c(c4)c4ccccc4n5-c4ccccc4-n4c5ccccc5c5ccccc54)c3)n2)cc1. The minimum atomic E-state index is 0.700. The highest BCUT2D eigenvalue weighted by Gasteiger charge is 2.19. The average molecular weight is 715 g/mol. The van der Waals surface area contributed by atoms with Crippen LogP contribution in [0.3, 0.4) is 0 Å². The molecule has 11 aromatic rings. The monoisotopic (exact) mass is 714 g/mol. The highest BCUT2D eigenvalue weighted by Crippen LogP contribution is 2.39. The number of hydrogen-bond donors (Lipinski definition) is 0. The first-order valence-electron chi connectivity index (χ1n) is 19.0. The van der Waals surface area contributed by atoms with Crippen LogP contribution >= 0.6 is 0 Å². The van der Waals surface area contributed by atoms with Gasteiger partial charge in [0.25, 0.3) is 0 Å².